The second-order valence-electron chi connectivity index (χ2n) is 4.48. The molecule has 1 atom stereocenters. The molecule has 1 N–H and O–H groups in total. The van der Waals surface area contributed by atoms with E-state index in [0.717, 1.165) is 18.5 Å². The summed E-state index contributed by atoms with van der Waals surface area (Å²) in [6, 6.07) is 4.74. The number of nitrogens with one attached hydrogen (secondary N) is 1. The predicted octanol–water partition coefficient (Wildman–Crippen LogP) is 3.24. The molecule has 0 saturated heterocycles. The third kappa shape index (κ3) is 3.17. The van der Waals surface area contributed by atoms with E-state index in [1.807, 2.05) is 26.8 Å². The molecule has 0 saturated carbocycles. The highest BCUT2D eigenvalue weighted by Gasteiger charge is 2.17. The van der Waals surface area contributed by atoms with Gasteiger partial charge in [0.25, 0.3) is 0 Å². The Bertz CT molecular complexity index is 533. The normalized spacial score (nSPS) is 12.6. The Morgan fingerprint density at radius 3 is 2.68 bits per heavy atom. The first-order valence-electron chi connectivity index (χ1n) is 6.48. The van der Waals surface area contributed by atoms with Gasteiger partial charge in [-0.3, -0.25) is 0 Å². The minimum absolute atomic E-state index is 0.0425. The van der Waals surface area contributed by atoms with Crippen LogP contribution in [0.3, 0.4) is 0 Å². The van der Waals surface area contributed by atoms with Gasteiger partial charge in [-0.15, -0.1) is 10.2 Å². The third-order valence-corrected chi connectivity index (χ3v) is 2.89. The Labute approximate surface area is 112 Å². The number of halogens is 1. The molecule has 1 unspecified atom stereocenters. The van der Waals surface area contributed by atoms with E-state index in [1.165, 1.54) is 12.1 Å². The summed E-state index contributed by atoms with van der Waals surface area (Å²) in [6.07, 6.45) is 0.859. The molecule has 0 aliphatic carbocycles. The van der Waals surface area contributed by atoms with E-state index < -0.39 is 0 Å². The molecule has 102 valence electrons. The van der Waals surface area contributed by atoms with Gasteiger partial charge in [-0.1, -0.05) is 13.8 Å². The van der Waals surface area contributed by atoms with Gasteiger partial charge < -0.3 is 9.73 Å². The molecule has 0 bridgehead atoms. The van der Waals surface area contributed by atoms with Crippen LogP contribution in [0.15, 0.2) is 22.6 Å². The molecule has 2 rings (SSSR count). The van der Waals surface area contributed by atoms with Crippen LogP contribution in [0.25, 0.3) is 11.5 Å². The molecule has 0 radical (unpaired) electrons. The van der Waals surface area contributed by atoms with Gasteiger partial charge >= 0.3 is 0 Å². The smallest absolute Gasteiger partial charge is 0.247 e. The van der Waals surface area contributed by atoms with Gasteiger partial charge in [0.2, 0.25) is 11.8 Å². The molecule has 1 aromatic carbocycles. The van der Waals surface area contributed by atoms with Crippen LogP contribution in [0.2, 0.25) is 0 Å². The summed E-state index contributed by atoms with van der Waals surface area (Å²) in [6.45, 7) is 6.73. The quantitative estimate of drug-likeness (QED) is 0.899. The maximum atomic E-state index is 13.4. The number of hydrogen-bond donors (Lipinski definition) is 1. The third-order valence-electron chi connectivity index (χ3n) is 2.89. The largest absolute Gasteiger partial charge is 0.419 e. The van der Waals surface area contributed by atoms with Crippen molar-refractivity contribution in [1.29, 1.82) is 0 Å². The summed E-state index contributed by atoms with van der Waals surface area (Å²) >= 11 is 0. The molecule has 0 amide bonds. The van der Waals surface area contributed by atoms with Crippen LogP contribution in [-0.2, 0) is 0 Å². The Morgan fingerprint density at radius 2 is 2.05 bits per heavy atom. The van der Waals surface area contributed by atoms with Gasteiger partial charge in [0.1, 0.15) is 5.82 Å². The van der Waals surface area contributed by atoms with Gasteiger partial charge in [-0.05, 0) is 43.7 Å². The molecule has 0 fully saturated rings. The lowest BCUT2D eigenvalue weighted by Crippen LogP contribution is -2.20. The molecule has 1 aromatic heterocycles. The zero-order valence-electron chi connectivity index (χ0n) is 11.4. The van der Waals surface area contributed by atoms with Gasteiger partial charge in [-0.2, -0.15) is 0 Å². The number of rotatable bonds is 5. The highest BCUT2D eigenvalue weighted by Crippen LogP contribution is 2.23. The average Bonchev–Trinajstić information content (AvgIpc) is 2.84. The number of nitrogens with zero attached hydrogens (tertiary/aromatic N) is 2. The van der Waals surface area contributed by atoms with Gasteiger partial charge in [0.15, 0.2) is 0 Å². The van der Waals surface area contributed by atoms with Crippen LogP contribution in [0, 0.1) is 12.7 Å². The van der Waals surface area contributed by atoms with E-state index in [4.69, 9.17) is 4.42 Å². The van der Waals surface area contributed by atoms with Crippen molar-refractivity contribution in [3.8, 4) is 11.5 Å². The van der Waals surface area contributed by atoms with Crippen molar-refractivity contribution in [2.24, 2.45) is 0 Å². The summed E-state index contributed by atoms with van der Waals surface area (Å²) in [7, 11) is 0. The van der Waals surface area contributed by atoms with Gasteiger partial charge in [-0.25, -0.2) is 4.39 Å². The number of benzene rings is 1. The number of aromatic nitrogens is 2. The maximum Gasteiger partial charge on any atom is 0.247 e. The van der Waals surface area contributed by atoms with E-state index in [0.29, 0.717) is 17.3 Å². The van der Waals surface area contributed by atoms with Crippen molar-refractivity contribution in [1.82, 2.24) is 15.5 Å². The second kappa shape index (κ2) is 5.93. The first-order chi connectivity index (χ1) is 9.13. The van der Waals surface area contributed by atoms with Crippen molar-refractivity contribution >= 4 is 0 Å². The molecule has 0 aliphatic heterocycles. The van der Waals surface area contributed by atoms with Crippen molar-refractivity contribution in [2.45, 2.75) is 33.2 Å². The van der Waals surface area contributed by atoms with Crippen LogP contribution >= 0.6 is 0 Å². The monoisotopic (exact) mass is 263 g/mol. The average molecular weight is 263 g/mol. The van der Waals surface area contributed by atoms with Crippen LogP contribution in [-0.4, -0.2) is 16.7 Å². The molecule has 0 spiro atoms. The van der Waals surface area contributed by atoms with Gasteiger partial charge in [0, 0.05) is 5.56 Å². The summed E-state index contributed by atoms with van der Waals surface area (Å²) < 4.78 is 19.0. The van der Waals surface area contributed by atoms with Crippen molar-refractivity contribution in [2.75, 3.05) is 6.54 Å². The maximum absolute atomic E-state index is 13.4. The van der Waals surface area contributed by atoms with Crippen LogP contribution in [0.4, 0.5) is 4.39 Å². The van der Waals surface area contributed by atoms with E-state index in [-0.39, 0.29) is 11.9 Å². The lowest BCUT2D eigenvalue weighted by molar-refractivity contribution is 0.402. The second-order valence-corrected chi connectivity index (χ2v) is 4.48. The molecule has 1 heterocycles. The molecule has 19 heavy (non-hydrogen) atoms. The SMILES string of the molecule is CCNC(CC)c1nnc(-c2cc(C)cc(F)c2)o1. The standard InChI is InChI=1S/C14H18FN3O/c1-4-12(16-5-2)14-18-17-13(19-14)10-6-9(3)7-11(15)8-10/h6-8,12,16H,4-5H2,1-3H3. The van der Waals surface area contributed by atoms with Crippen molar-refractivity contribution in [3.05, 3.63) is 35.5 Å². The summed E-state index contributed by atoms with van der Waals surface area (Å²) in [4.78, 5) is 0. The van der Waals surface area contributed by atoms with Crippen LogP contribution < -0.4 is 5.32 Å². The molecular formula is C14H18FN3O. The lowest BCUT2D eigenvalue weighted by atomic mass is 10.1. The predicted molar refractivity (Wildman–Crippen MR) is 71.1 cm³/mol. The van der Waals surface area contributed by atoms with E-state index >= 15 is 0 Å². The van der Waals surface area contributed by atoms with Crippen LogP contribution in [0.1, 0.15) is 37.8 Å². The fourth-order valence-electron chi connectivity index (χ4n) is 2.00. The lowest BCUT2D eigenvalue weighted by Gasteiger charge is -2.10. The zero-order chi connectivity index (χ0) is 13.8. The summed E-state index contributed by atoms with van der Waals surface area (Å²) in [5.74, 6) is 0.601. The molecule has 5 heteroatoms. The summed E-state index contributed by atoms with van der Waals surface area (Å²) in [5, 5.41) is 11.3. The molecule has 0 aliphatic rings. The Balaban J connectivity index is 2.29. The Kier molecular flexibility index (Phi) is 4.27. The van der Waals surface area contributed by atoms with Gasteiger partial charge in [0.05, 0.1) is 6.04 Å². The topological polar surface area (TPSA) is 51.0 Å². The fraction of sp³-hybridized carbons (Fsp3) is 0.429. The Hall–Kier alpha value is -1.75. The van der Waals surface area contributed by atoms with Crippen molar-refractivity contribution in [3.63, 3.8) is 0 Å². The highest BCUT2D eigenvalue weighted by atomic mass is 19.1. The number of aryl methyl sites for hydroxylation is 1. The minimum Gasteiger partial charge on any atom is -0.419 e. The zero-order valence-corrected chi connectivity index (χ0v) is 11.4. The van der Waals surface area contributed by atoms with Crippen LogP contribution in [0.5, 0.6) is 0 Å². The summed E-state index contributed by atoms with van der Waals surface area (Å²) in [5.41, 5.74) is 1.44. The van der Waals surface area contributed by atoms with E-state index in [2.05, 4.69) is 15.5 Å². The molecular weight excluding hydrogens is 245 g/mol. The molecule has 2 aromatic rings. The van der Waals surface area contributed by atoms with E-state index in [9.17, 15) is 4.39 Å². The number of hydrogen-bond acceptors (Lipinski definition) is 4. The molecule has 4 nitrogen and oxygen atoms in total. The minimum atomic E-state index is -0.298. The fourth-order valence-corrected chi connectivity index (χ4v) is 2.00. The first kappa shape index (κ1) is 13.7. The Morgan fingerprint density at radius 1 is 1.26 bits per heavy atom. The van der Waals surface area contributed by atoms with Crippen molar-refractivity contribution < 1.29 is 8.81 Å². The highest BCUT2D eigenvalue weighted by molar-refractivity contribution is 5.54. The van der Waals surface area contributed by atoms with E-state index in [1.54, 1.807) is 0 Å². The first-order valence-corrected chi connectivity index (χ1v) is 6.48.